The maximum atomic E-state index is 12.1. The van der Waals surface area contributed by atoms with Gasteiger partial charge in [0.1, 0.15) is 12.4 Å². The highest BCUT2D eigenvalue weighted by atomic mass is 32.2. The van der Waals surface area contributed by atoms with Gasteiger partial charge in [-0.25, -0.2) is 12.7 Å². The molecule has 0 N–H and O–H groups in total. The zero-order chi connectivity index (χ0) is 17.0. The highest BCUT2D eigenvalue weighted by Gasteiger charge is 2.17. The highest BCUT2D eigenvalue weighted by molar-refractivity contribution is 7.89. The lowest BCUT2D eigenvalue weighted by atomic mass is 10.1. The van der Waals surface area contributed by atoms with Crippen LogP contribution in [0.4, 0.5) is 0 Å². The quantitative estimate of drug-likeness (QED) is 0.763. The molecule has 0 saturated carbocycles. The predicted octanol–water partition coefficient (Wildman–Crippen LogP) is 2.72. The number of carbonyl (C=O) groups excluding carboxylic acids is 1. The fourth-order valence-electron chi connectivity index (χ4n) is 1.98. The molecule has 0 aliphatic rings. The molecule has 122 valence electrons. The summed E-state index contributed by atoms with van der Waals surface area (Å²) in [7, 11) is -0.484. The lowest BCUT2D eigenvalue weighted by Gasteiger charge is -2.13. The Kier molecular flexibility index (Phi) is 5.18. The Balaban J connectivity index is 2.16. The monoisotopic (exact) mass is 333 g/mol. The van der Waals surface area contributed by atoms with Crippen molar-refractivity contribution in [2.75, 3.05) is 14.1 Å². The van der Waals surface area contributed by atoms with E-state index < -0.39 is 10.0 Å². The van der Waals surface area contributed by atoms with E-state index in [0.717, 1.165) is 5.56 Å². The van der Waals surface area contributed by atoms with Crippen molar-refractivity contribution in [2.24, 2.45) is 0 Å². The molecule has 6 heteroatoms. The molecule has 0 atom stereocenters. The Morgan fingerprint density at radius 3 is 2.43 bits per heavy atom. The van der Waals surface area contributed by atoms with E-state index in [1.807, 2.05) is 0 Å². The largest absolute Gasteiger partial charge is 0.489 e. The van der Waals surface area contributed by atoms with E-state index in [2.05, 4.69) is 0 Å². The van der Waals surface area contributed by atoms with Gasteiger partial charge in [-0.05, 0) is 36.8 Å². The molecule has 0 saturated heterocycles. The van der Waals surface area contributed by atoms with Crippen molar-refractivity contribution in [1.29, 1.82) is 0 Å². The number of ether oxygens (including phenoxy) is 1. The number of nitrogens with zero attached hydrogens (tertiary/aromatic N) is 1. The van der Waals surface area contributed by atoms with Crippen LogP contribution in [0.1, 0.15) is 22.8 Å². The second kappa shape index (κ2) is 6.93. The molecule has 2 rings (SSSR count). The fraction of sp³-hybridized carbons (Fsp3) is 0.235. The highest BCUT2D eigenvalue weighted by Crippen LogP contribution is 2.18. The van der Waals surface area contributed by atoms with E-state index in [0.29, 0.717) is 11.3 Å². The molecule has 0 aliphatic carbocycles. The Morgan fingerprint density at radius 2 is 1.78 bits per heavy atom. The van der Waals surface area contributed by atoms with E-state index in [-0.39, 0.29) is 17.3 Å². The van der Waals surface area contributed by atoms with Gasteiger partial charge in [0.15, 0.2) is 5.78 Å². The van der Waals surface area contributed by atoms with Crippen LogP contribution in [0, 0.1) is 0 Å². The van der Waals surface area contributed by atoms with Gasteiger partial charge in [-0.3, -0.25) is 4.79 Å². The molecular weight excluding hydrogens is 314 g/mol. The summed E-state index contributed by atoms with van der Waals surface area (Å²) >= 11 is 0. The molecule has 0 aromatic heterocycles. The average molecular weight is 333 g/mol. The van der Waals surface area contributed by atoms with Crippen LogP contribution in [0.2, 0.25) is 0 Å². The number of rotatable bonds is 6. The molecule has 5 nitrogen and oxygen atoms in total. The molecule has 0 unspecified atom stereocenters. The van der Waals surface area contributed by atoms with Gasteiger partial charge in [0.2, 0.25) is 10.0 Å². The van der Waals surface area contributed by atoms with Crippen LogP contribution in [0.15, 0.2) is 53.4 Å². The Labute approximate surface area is 136 Å². The smallest absolute Gasteiger partial charge is 0.242 e. The van der Waals surface area contributed by atoms with Crippen molar-refractivity contribution < 1.29 is 17.9 Å². The van der Waals surface area contributed by atoms with Gasteiger partial charge in [-0.15, -0.1) is 0 Å². The van der Waals surface area contributed by atoms with Gasteiger partial charge in [0, 0.05) is 19.7 Å². The summed E-state index contributed by atoms with van der Waals surface area (Å²) in [5, 5.41) is 0. The zero-order valence-corrected chi connectivity index (χ0v) is 14.1. The van der Waals surface area contributed by atoms with Gasteiger partial charge in [0.05, 0.1) is 4.90 Å². The van der Waals surface area contributed by atoms with Crippen LogP contribution < -0.4 is 4.74 Å². The molecule has 2 aromatic carbocycles. The molecule has 0 radical (unpaired) electrons. The van der Waals surface area contributed by atoms with Gasteiger partial charge in [-0.2, -0.15) is 0 Å². The summed E-state index contributed by atoms with van der Waals surface area (Å²) in [5.41, 5.74) is 1.31. The number of sulfonamides is 1. The summed E-state index contributed by atoms with van der Waals surface area (Å²) in [6.45, 7) is 1.72. The van der Waals surface area contributed by atoms with Gasteiger partial charge < -0.3 is 4.74 Å². The second-order valence-electron chi connectivity index (χ2n) is 5.31. The zero-order valence-electron chi connectivity index (χ0n) is 13.3. The number of carbonyl (C=O) groups is 1. The molecule has 0 fully saturated rings. The first-order valence-electron chi connectivity index (χ1n) is 7.06. The van der Waals surface area contributed by atoms with Crippen molar-refractivity contribution in [3.8, 4) is 5.75 Å². The van der Waals surface area contributed by atoms with E-state index in [4.69, 9.17) is 4.74 Å². The average Bonchev–Trinajstić information content (AvgIpc) is 2.53. The Bertz CT molecular complexity index is 813. The van der Waals surface area contributed by atoms with E-state index in [9.17, 15) is 13.2 Å². The Hall–Kier alpha value is -2.18. The van der Waals surface area contributed by atoms with Crippen molar-refractivity contribution in [1.82, 2.24) is 4.31 Å². The van der Waals surface area contributed by atoms with Crippen LogP contribution in [0.25, 0.3) is 0 Å². The summed E-state index contributed by atoms with van der Waals surface area (Å²) in [5.74, 6) is 0.535. The van der Waals surface area contributed by atoms with Crippen molar-refractivity contribution in [3.63, 3.8) is 0 Å². The molecule has 2 aromatic rings. The van der Waals surface area contributed by atoms with Crippen LogP contribution in [0.3, 0.4) is 0 Å². The number of Topliss-reactive ketones (excluding diaryl/α,β-unsaturated/α-hetero) is 1. The molecule has 0 heterocycles. The van der Waals surface area contributed by atoms with Crippen molar-refractivity contribution in [2.45, 2.75) is 18.4 Å². The number of hydrogen-bond donors (Lipinski definition) is 0. The fourth-order valence-corrected chi connectivity index (χ4v) is 2.95. The topological polar surface area (TPSA) is 63.7 Å². The lowest BCUT2D eigenvalue weighted by molar-refractivity contribution is 0.101. The van der Waals surface area contributed by atoms with Crippen LogP contribution >= 0.6 is 0 Å². The SMILES string of the molecule is CC(=O)c1cccc(OCc2cccc(S(=O)(=O)N(C)C)c2)c1. The van der Waals surface area contributed by atoms with Gasteiger partial charge in [-0.1, -0.05) is 24.3 Å². The third kappa shape index (κ3) is 4.18. The number of ketones is 1. The first-order chi connectivity index (χ1) is 10.8. The Morgan fingerprint density at radius 1 is 1.09 bits per heavy atom. The first-order valence-corrected chi connectivity index (χ1v) is 8.50. The third-order valence-corrected chi connectivity index (χ3v) is 5.13. The summed E-state index contributed by atoms with van der Waals surface area (Å²) in [6.07, 6.45) is 0. The van der Waals surface area contributed by atoms with E-state index in [1.165, 1.54) is 25.3 Å². The molecule has 0 spiro atoms. The maximum Gasteiger partial charge on any atom is 0.242 e. The second-order valence-corrected chi connectivity index (χ2v) is 7.46. The first kappa shape index (κ1) is 17.2. The summed E-state index contributed by atoms with van der Waals surface area (Å²) < 4.78 is 31.1. The molecule has 0 aliphatic heterocycles. The minimum atomic E-state index is -3.47. The van der Waals surface area contributed by atoms with Crippen LogP contribution in [-0.2, 0) is 16.6 Å². The van der Waals surface area contributed by atoms with Crippen molar-refractivity contribution in [3.05, 3.63) is 59.7 Å². The number of benzene rings is 2. The maximum absolute atomic E-state index is 12.1. The normalized spacial score (nSPS) is 11.5. The van der Waals surface area contributed by atoms with Gasteiger partial charge >= 0.3 is 0 Å². The molecule has 0 amide bonds. The predicted molar refractivity (Wildman–Crippen MR) is 88.1 cm³/mol. The number of hydrogen-bond acceptors (Lipinski definition) is 4. The molecule has 23 heavy (non-hydrogen) atoms. The van der Waals surface area contributed by atoms with E-state index in [1.54, 1.807) is 48.5 Å². The lowest BCUT2D eigenvalue weighted by Crippen LogP contribution is -2.22. The van der Waals surface area contributed by atoms with Gasteiger partial charge in [0.25, 0.3) is 0 Å². The van der Waals surface area contributed by atoms with Crippen molar-refractivity contribution >= 4 is 15.8 Å². The summed E-state index contributed by atoms with van der Waals surface area (Å²) in [4.78, 5) is 11.6. The van der Waals surface area contributed by atoms with Crippen LogP contribution in [-0.4, -0.2) is 32.6 Å². The third-order valence-electron chi connectivity index (χ3n) is 3.32. The molecule has 0 bridgehead atoms. The standard InChI is InChI=1S/C17H19NO4S/c1-13(19)15-7-5-8-16(11-15)22-12-14-6-4-9-17(10-14)23(20,21)18(2)3/h4-11H,12H2,1-3H3. The minimum Gasteiger partial charge on any atom is -0.489 e. The van der Waals surface area contributed by atoms with E-state index >= 15 is 0 Å². The molecular formula is C17H19NO4S. The summed E-state index contributed by atoms with van der Waals surface area (Å²) in [6, 6.07) is 13.5. The van der Waals surface area contributed by atoms with Crippen LogP contribution in [0.5, 0.6) is 5.75 Å². The minimum absolute atomic E-state index is 0.0328.